The minimum absolute atomic E-state index is 0.00447. The molecule has 0 aliphatic carbocycles. The molecule has 0 spiro atoms. The van der Waals surface area contributed by atoms with E-state index in [1.807, 2.05) is 12.4 Å². The van der Waals surface area contributed by atoms with Crippen LogP contribution in [-0.2, 0) is 4.74 Å². The number of hydrogen-bond acceptors (Lipinski definition) is 5. The molecule has 1 atom stereocenters. The van der Waals surface area contributed by atoms with Gasteiger partial charge in [0.2, 0.25) is 0 Å². The van der Waals surface area contributed by atoms with Crippen LogP contribution in [0.25, 0.3) is 0 Å². The van der Waals surface area contributed by atoms with Gasteiger partial charge in [0.15, 0.2) is 0 Å². The molecular weight excluding hydrogens is 240 g/mol. The third-order valence-electron chi connectivity index (χ3n) is 3.85. The molecule has 0 saturated carbocycles. The maximum Gasteiger partial charge on any atom is 0.115 e. The molecule has 0 radical (unpaired) electrons. The van der Waals surface area contributed by atoms with Crippen molar-refractivity contribution in [3.8, 4) is 0 Å². The lowest BCUT2D eigenvalue weighted by molar-refractivity contribution is -0.0237. The van der Waals surface area contributed by atoms with Crippen molar-refractivity contribution in [1.82, 2.24) is 20.2 Å². The number of likely N-dealkylation sites (N-methyl/N-ethyl adjacent to an activating group) is 1. The Bertz CT molecular complexity index is 376. The molecule has 1 aromatic heterocycles. The van der Waals surface area contributed by atoms with Crippen molar-refractivity contribution in [2.45, 2.75) is 32.4 Å². The van der Waals surface area contributed by atoms with Gasteiger partial charge in [0.25, 0.3) is 0 Å². The zero-order valence-corrected chi connectivity index (χ0v) is 12.1. The van der Waals surface area contributed by atoms with Gasteiger partial charge in [-0.2, -0.15) is 0 Å². The molecule has 0 aromatic carbocycles. The second kappa shape index (κ2) is 6.41. The third kappa shape index (κ3) is 3.29. The summed E-state index contributed by atoms with van der Waals surface area (Å²) >= 11 is 0. The summed E-state index contributed by atoms with van der Waals surface area (Å²) in [6.45, 7) is 11.2. The first-order valence-electron chi connectivity index (χ1n) is 6.97. The molecule has 1 fully saturated rings. The van der Waals surface area contributed by atoms with Crippen LogP contribution in [0.2, 0.25) is 0 Å². The number of rotatable bonds is 5. The van der Waals surface area contributed by atoms with Crippen molar-refractivity contribution < 1.29 is 4.74 Å². The molecular formula is C14H24N4O. The molecule has 5 heteroatoms. The number of nitrogens with zero attached hydrogens (tertiary/aromatic N) is 3. The Kier molecular flexibility index (Phi) is 4.85. The predicted octanol–water partition coefficient (Wildman–Crippen LogP) is 1.24. The van der Waals surface area contributed by atoms with E-state index in [9.17, 15) is 0 Å². The summed E-state index contributed by atoms with van der Waals surface area (Å²) in [4.78, 5) is 10.8. The highest BCUT2D eigenvalue weighted by molar-refractivity contribution is 5.16. The average molecular weight is 264 g/mol. The maximum atomic E-state index is 5.45. The monoisotopic (exact) mass is 264 g/mol. The van der Waals surface area contributed by atoms with Crippen molar-refractivity contribution in [2.24, 2.45) is 0 Å². The van der Waals surface area contributed by atoms with E-state index < -0.39 is 0 Å². The van der Waals surface area contributed by atoms with Crippen LogP contribution in [0.3, 0.4) is 0 Å². The highest BCUT2D eigenvalue weighted by Crippen LogP contribution is 2.31. The topological polar surface area (TPSA) is 50.3 Å². The van der Waals surface area contributed by atoms with E-state index in [0.29, 0.717) is 0 Å². The van der Waals surface area contributed by atoms with Crippen molar-refractivity contribution in [3.05, 3.63) is 24.3 Å². The second-order valence-electron chi connectivity index (χ2n) is 5.42. The molecule has 0 amide bonds. The first kappa shape index (κ1) is 14.4. The highest BCUT2D eigenvalue weighted by Gasteiger charge is 2.36. The second-order valence-corrected chi connectivity index (χ2v) is 5.42. The number of aromatic nitrogens is 2. The fourth-order valence-electron chi connectivity index (χ4n) is 2.76. The standard InChI is InChI=1S/C14H24N4O/c1-4-17-13(12-9-15-11-16-10-12)14(2,3)18-5-7-19-8-6-18/h9-11,13,17H,4-8H2,1-3H3. The first-order chi connectivity index (χ1) is 9.16. The Hall–Kier alpha value is -1.04. The molecule has 19 heavy (non-hydrogen) atoms. The average Bonchev–Trinajstić information content (AvgIpc) is 2.46. The normalized spacial score (nSPS) is 19.3. The molecule has 1 aliphatic rings. The molecule has 1 aromatic rings. The summed E-state index contributed by atoms with van der Waals surface area (Å²) in [7, 11) is 0. The molecule has 1 aliphatic heterocycles. The van der Waals surface area contributed by atoms with E-state index in [-0.39, 0.29) is 11.6 Å². The fourth-order valence-corrected chi connectivity index (χ4v) is 2.76. The summed E-state index contributed by atoms with van der Waals surface area (Å²) in [5.74, 6) is 0. The van der Waals surface area contributed by atoms with Gasteiger partial charge in [0.1, 0.15) is 6.33 Å². The molecule has 1 unspecified atom stereocenters. The van der Waals surface area contributed by atoms with Crippen LogP contribution in [0, 0.1) is 0 Å². The van der Waals surface area contributed by atoms with Crippen molar-refractivity contribution >= 4 is 0 Å². The summed E-state index contributed by atoms with van der Waals surface area (Å²) in [6, 6.07) is 0.219. The van der Waals surface area contributed by atoms with Crippen LogP contribution < -0.4 is 5.32 Å². The van der Waals surface area contributed by atoms with E-state index in [0.717, 1.165) is 38.4 Å². The quantitative estimate of drug-likeness (QED) is 0.867. The largest absolute Gasteiger partial charge is 0.379 e. The number of hydrogen-bond donors (Lipinski definition) is 1. The Morgan fingerprint density at radius 1 is 1.32 bits per heavy atom. The zero-order valence-electron chi connectivity index (χ0n) is 12.1. The van der Waals surface area contributed by atoms with Gasteiger partial charge in [-0.15, -0.1) is 0 Å². The summed E-state index contributed by atoms with van der Waals surface area (Å²) < 4.78 is 5.45. The van der Waals surface area contributed by atoms with Gasteiger partial charge < -0.3 is 10.1 Å². The Balaban J connectivity index is 2.21. The lowest BCUT2D eigenvalue weighted by atomic mass is 9.87. The fraction of sp³-hybridized carbons (Fsp3) is 0.714. The van der Waals surface area contributed by atoms with Gasteiger partial charge in [0.05, 0.1) is 19.3 Å². The van der Waals surface area contributed by atoms with Crippen LogP contribution in [0.15, 0.2) is 18.7 Å². The lowest BCUT2D eigenvalue weighted by Gasteiger charge is -2.46. The van der Waals surface area contributed by atoms with Crippen LogP contribution in [0.5, 0.6) is 0 Å². The maximum absolute atomic E-state index is 5.45. The van der Waals surface area contributed by atoms with Crippen LogP contribution >= 0.6 is 0 Å². The molecule has 5 nitrogen and oxygen atoms in total. The lowest BCUT2D eigenvalue weighted by Crippen LogP contribution is -2.56. The minimum atomic E-state index is 0.00447. The van der Waals surface area contributed by atoms with Crippen molar-refractivity contribution in [1.29, 1.82) is 0 Å². The SMILES string of the molecule is CCNC(c1cncnc1)C(C)(C)N1CCOCC1. The summed E-state index contributed by atoms with van der Waals surface area (Å²) in [6.07, 6.45) is 5.39. The summed E-state index contributed by atoms with van der Waals surface area (Å²) in [5, 5.41) is 3.57. The van der Waals surface area contributed by atoms with E-state index in [1.165, 1.54) is 0 Å². The molecule has 1 saturated heterocycles. The van der Waals surface area contributed by atoms with Gasteiger partial charge in [0, 0.05) is 36.6 Å². The van der Waals surface area contributed by atoms with Gasteiger partial charge in [-0.3, -0.25) is 4.90 Å². The van der Waals surface area contributed by atoms with E-state index in [1.54, 1.807) is 6.33 Å². The minimum Gasteiger partial charge on any atom is -0.379 e. The predicted molar refractivity (Wildman–Crippen MR) is 74.9 cm³/mol. The third-order valence-corrected chi connectivity index (χ3v) is 3.85. The van der Waals surface area contributed by atoms with Gasteiger partial charge in [-0.05, 0) is 20.4 Å². The number of ether oxygens (including phenoxy) is 1. The van der Waals surface area contributed by atoms with E-state index >= 15 is 0 Å². The molecule has 2 rings (SSSR count). The van der Waals surface area contributed by atoms with Crippen LogP contribution in [0.1, 0.15) is 32.4 Å². The molecule has 0 bridgehead atoms. The van der Waals surface area contributed by atoms with E-state index in [4.69, 9.17) is 4.74 Å². The van der Waals surface area contributed by atoms with Crippen LogP contribution in [0.4, 0.5) is 0 Å². The van der Waals surface area contributed by atoms with Crippen molar-refractivity contribution in [2.75, 3.05) is 32.8 Å². The highest BCUT2D eigenvalue weighted by atomic mass is 16.5. The van der Waals surface area contributed by atoms with Crippen molar-refractivity contribution in [3.63, 3.8) is 0 Å². The molecule has 1 N–H and O–H groups in total. The van der Waals surface area contributed by atoms with Gasteiger partial charge >= 0.3 is 0 Å². The Labute approximate surface area is 115 Å². The molecule has 2 heterocycles. The number of nitrogens with one attached hydrogen (secondary N) is 1. The van der Waals surface area contributed by atoms with E-state index in [2.05, 4.69) is 41.0 Å². The number of morpholine rings is 1. The van der Waals surface area contributed by atoms with Gasteiger partial charge in [-0.1, -0.05) is 6.92 Å². The smallest absolute Gasteiger partial charge is 0.115 e. The summed E-state index contributed by atoms with van der Waals surface area (Å²) in [5.41, 5.74) is 1.14. The van der Waals surface area contributed by atoms with Crippen LogP contribution in [-0.4, -0.2) is 53.3 Å². The molecule has 106 valence electrons. The first-order valence-corrected chi connectivity index (χ1v) is 6.97. The zero-order chi connectivity index (χ0) is 13.7. The Morgan fingerprint density at radius 2 is 1.95 bits per heavy atom. The van der Waals surface area contributed by atoms with Gasteiger partial charge in [-0.25, -0.2) is 9.97 Å². The Morgan fingerprint density at radius 3 is 2.53 bits per heavy atom.